The molecule has 1 heterocycles. The summed E-state index contributed by atoms with van der Waals surface area (Å²) in [5.74, 6) is -0.0926. The SMILES string of the molecule is CC(C)(C)OC(=O)N1C[C@@H](C#N)C1(C)C. The van der Waals surface area contributed by atoms with Crippen molar-refractivity contribution in [3.63, 3.8) is 0 Å². The van der Waals surface area contributed by atoms with E-state index in [1.807, 2.05) is 34.6 Å². The highest BCUT2D eigenvalue weighted by Crippen LogP contribution is 2.36. The van der Waals surface area contributed by atoms with Crippen LogP contribution < -0.4 is 0 Å². The maximum atomic E-state index is 11.7. The third-order valence-corrected chi connectivity index (χ3v) is 2.68. The predicted molar refractivity (Wildman–Crippen MR) is 56.1 cm³/mol. The van der Waals surface area contributed by atoms with Crippen LogP contribution >= 0.6 is 0 Å². The molecule has 0 aliphatic carbocycles. The molecule has 4 nitrogen and oxygen atoms in total. The van der Waals surface area contributed by atoms with E-state index in [9.17, 15) is 4.79 Å². The number of nitriles is 1. The second-order valence-electron chi connectivity index (χ2n) is 5.43. The standard InChI is InChI=1S/C11H18N2O2/c1-10(2,3)15-9(14)13-7-8(6-12)11(13,4)5/h8H,7H2,1-5H3/t8-/m1/s1. The summed E-state index contributed by atoms with van der Waals surface area (Å²) in [4.78, 5) is 13.3. The van der Waals surface area contributed by atoms with E-state index < -0.39 is 11.1 Å². The average molecular weight is 210 g/mol. The van der Waals surface area contributed by atoms with Crippen molar-refractivity contribution in [1.82, 2.24) is 4.90 Å². The van der Waals surface area contributed by atoms with Crippen LogP contribution in [0.25, 0.3) is 0 Å². The van der Waals surface area contributed by atoms with E-state index in [-0.39, 0.29) is 12.0 Å². The molecule has 1 atom stereocenters. The van der Waals surface area contributed by atoms with Crippen molar-refractivity contribution < 1.29 is 9.53 Å². The Morgan fingerprint density at radius 1 is 1.53 bits per heavy atom. The van der Waals surface area contributed by atoms with Crippen LogP contribution in [0.15, 0.2) is 0 Å². The number of rotatable bonds is 0. The second-order valence-corrected chi connectivity index (χ2v) is 5.43. The average Bonchev–Trinajstić information content (AvgIpc) is 1.99. The lowest BCUT2D eigenvalue weighted by atomic mass is 9.78. The molecule has 4 heteroatoms. The molecule has 1 aliphatic heterocycles. The Labute approximate surface area is 90.8 Å². The first kappa shape index (κ1) is 11.8. The number of carbonyl (C=O) groups is 1. The van der Waals surface area contributed by atoms with Crippen molar-refractivity contribution >= 4 is 6.09 Å². The van der Waals surface area contributed by atoms with Crippen molar-refractivity contribution in [3.05, 3.63) is 0 Å². The Morgan fingerprint density at radius 2 is 2.07 bits per heavy atom. The molecular formula is C11H18N2O2. The minimum Gasteiger partial charge on any atom is -0.444 e. The molecule has 84 valence electrons. The molecule has 0 aromatic heterocycles. The molecule has 1 fully saturated rings. The number of hydrogen-bond donors (Lipinski definition) is 0. The van der Waals surface area contributed by atoms with E-state index >= 15 is 0 Å². The molecule has 1 saturated heterocycles. The van der Waals surface area contributed by atoms with Gasteiger partial charge >= 0.3 is 6.09 Å². The van der Waals surface area contributed by atoms with E-state index in [1.54, 1.807) is 4.90 Å². The lowest BCUT2D eigenvalue weighted by Gasteiger charge is -2.51. The van der Waals surface area contributed by atoms with E-state index in [0.717, 1.165) is 0 Å². The Balaban J connectivity index is 2.63. The third-order valence-electron chi connectivity index (χ3n) is 2.68. The van der Waals surface area contributed by atoms with Crippen LogP contribution in [0.3, 0.4) is 0 Å². The van der Waals surface area contributed by atoms with Crippen LogP contribution in [0.5, 0.6) is 0 Å². The van der Waals surface area contributed by atoms with Gasteiger partial charge in [0.25, 0.3) is 0 Å². The molecule has 0 bridgehead atoms. The molecule has 0 unspecified atom stereocenters. The van der Waals surface area contributed by atoms with Gasteiger partial charge in [0.15, 0.2) is 0 Å². The first-order chi connectivity index (χ1) is 6.68. The largest absolute Gasteiger partial charge is 0.444 e. The van der Waals surface area contributed by atoms with Gasteiger partial charge in [-0.05, 0) is 34.6 Å². The van der Waals surface area contributed by atoms with Crippen LogP contribution in [-0.4, -0.2) is 28.7 Å². The summed E-state index contributed by atoms with van der Waals surface area (Å²) in [6, 6.07) is 2.19. The number of nitrogens with zero attached hydrogens (tertiary/aromatic N) is 2. The van der Waals surface area contributed by atoms with Crippen LogP contribution in [0.2, 0.25) is 0 Å². The minimum absolute atomic E-state index is 0.0926. The smallest absolute Gasteiger partial charge is 0.410 e. The second kappa shape index (κ2) is 3.41. The zero-order chi connectivity index (χ0) is 11.9. The van der Waals surface area contributed by atoms with E-state index in [2.05, 4.69) is 6.07 Å². The molecule has 0 N–H and O–H groups in total. The monoisotopic (exact) mass is 210 g/mol. The summed E-state index contributed by atoms with van der Waals surface area (Å²) in [6.07, 6.45) is -0.334. The number of likely N-dealkylation sites (tertiary alicyclic amines) is 1. The summed E-state index contributed by atoms with van der Waals surface area (Å²) in [7, 11) is 0. The molecule has 0 aromatic rings. The molecule has 1 rings (SSSR count). The third kappa shape index (κ3) is 2.23. The van der Waals surface area contributed by atoms with Crippen LogP contribution in [0, 0.1) is 17.2 Å². The lowest BCUT2D eigenvalue weighted by Crippen LogP contribution is -2.65. The highest BCUT2D eigenvalue weighted by atomic mass is 16.6. The van der Waals surface area contributed by atoms with Crippen molar-refractivity contribution in [2.75, 3.05) is 6.54 Å². The Morgan fingerprint density at radius 3 is 2.40 bits per heavy atom. The number of carbonyl (C=O) groups excluding carboxylic acids is 1. The first-order valence-electron chi connectivity index (χ1n) is 5.09. The quantitative estimate of drug-likeness (QED) is 0.615. The van der Waals surface area contributed by atoms with E-state index in [0.29, 0.717) is 6.54 Å². The molecule has 0 aromatic carbocycles. The van der Waals surface area contributed by atoms with E-state index in [1.165, 1.54) is 0 Å². The van der Waals surface area contributed by atoms with Crippen molar-refractivity contribution in [1.29, 1.82) is 5.26 Å². The summed E-state index contributed by atoms with van der Waals surface area (Å²) in [6.45, 7) is 9.74. The maximum absolute atomic E-state index is 11.7. The summed E-state index contributed by atoms with van der Waals surface area (Å²) in [5, 5.41) is 8.82. The zero-order valence-electron chi connectivity index (χ0n) is 10.00. The van der Waals surface area contributed by atoms with Gasteiger partial charge in [-0.2, -0.15) is 5.26 Å². The van der Waals surface area contributed by atoms with Crippen LogP contribution in [0.1, 0.15) is 34.6 Å². The van der Waals surface area contributed by atoms with Gasteiger partial charge in [-0.3, -0.25) is 0 Å². The van der Waals surface area contributed by atoms with Crippen LogP contribution in [-0.2, 0) is 4.74 Å². The molecule has 0 saturated carbocycles. The number of ether oxygens (including phenoxy) is 1. The van der Waals surface area contributed by atoms with Gasteiger partial charge in [0, 0.05) is 6.54 Å². The van der Waals surface area contributed by atoms with Gasteiger partial charge in [0.2, 0.25) is 0 Å². The minimum atomic E-state index is -0.481. The maximum Gasteiger partial charge on any atom is 0.410 e. The highest BCUT2D eigenvalue weighted by molar-refractivity contribution is 5.70. The Bertz CT molecular complexity index is 310. The predicted octanol–water partition coefficient (Wildman–Crippen LogP) is 2.16. The summed E-state index contributed by atoms with van der Waals surface area (Å²) < 4.78 is 5.25. The fourth-order valence-electron chi connectivity index (χ4n) is 1.54. The van der Waals surface area contributed by atoms with Gasteiger partial charge in [0.1, 0.15) is 5.60 Å². The number of hydrogen-bond acceptors (Lipinski definition) is 3. The number of amides is 1. The molecule has 1 aliphatic rings. The van der Waals surface area contributed by atoms with Crippen molar-refractivity contribution in [3.8, 4) is 6.07 Å². The Hall–Kier alpha value is -1.24. The van der Waals surface area contributed by atoms with Crippen LogP contribution in [0.4, 0.5) is 4.79 Å². The molecular weight excluding hydrogens is 192 g/mol. The zero-order valence-corrected chi connectivity index (χ0v) is 10.00. The van der Waals surface area contributed by atoms with Gasteiger partial charge in [-0.25, -0.2) is 4.79 Å². The van der Waals surface area contributed by atoms with Gasteiger partial charge in [-0.15, -0.1) is 0 Å². The van der Waals surface area contributed by atoms with Gasteiger partial charge in [-0.1, -0.05) is 0 Å². The molecule has 0 spiro atoms. The van der Waals surface area contributed by atoms with Gasteiger partial charge < -0.3 is 9.64 Å². The Kier molecular flexibility index (Phi) is 2.69. The molecule has 0 radical (unpaired) electrons. The van der Waals surface area contributed by atoms with E-state index in [4.69, 9.17) is 10.00 Å². The summed E-state index contributed by atoms with van der Waals surface area (Å²) >= 11 is 0. The van der Waals surface area contributed by atoms with Crippen molar-refractivity contribution in [2.24, 2.45) is 5.92 Å². The highest BCUT2D eigenvalue weighted by Gasteiger charge is 2.50. The fourth-order valence-corrected chi connectivity index (χ4v) is 1.54. The fraction of sp³-hybridized carbons (Fsp3) is 0.818. The summed E-state index contributed by atoms with van der Waals surface area (Å²) in [5.41, 5.74) is -0.887. The molecule has 15 heavy (non-hydrogen) atoms. The van der Waals surface area contributed by atoms with Gasteiger partial charge in [0.05, 0.1) is 17.5 Å². The topological polar surface area (TPSA) is 53.3 Å². The lowest BCUT2D eigenvalue weighted by molar-refractivity contribution is -0.0515. The first-order valence-corrected chi connectivity index (χ1v) is 5.09. The normalized spacial score (nSPS) is 24.0. The molecule has 1 amide bonds. The van der Waals surface area contributed by atoms with Crippen molar-refractivity contribution in [2.45, 2.75) is 45.8 Å².